The highest BCUT2D eigenvalue weighted by Gasteiger charge is 2.34. The largest absolute Gasteiger partial charge is 0.433 e. The van der Waals surface area contributed by atoms with Gasteiger partial charge in [0.05, 0.1) is 4.92 Å². The third-order valence-corrected chi connectivity index (χ3v) is 3.37. The predicted molar refractivity (Wildman–Crippen MR) is 73.0 cm³/mol. The minimum Gasteiger partial charge on any atom is -0.379 e. The van der Waals surface area contributed by atoms with E-state index in [0.717, 1.165) is 11.3 Å². The van der Waals surface area contributed by atoms with Crippen LogP contribution in [0.5, 0.6) is 0 Å². The van der Waals surface area contributed by atoms with Gasteiger partial charge in [0, 0.05) is 24.0 Å². The average molecular weight is 334 g/mol. The first-order valence-electron chi connectivity index (χ1n) is 5.89. The van der Waals surface area contributed by atoms with Gasteiger partial charge in [-0.1, -0.05) is 11.3 Å². The Kier molecular flexibility index (Phi) is 4.45. The Morgan fingerprint density at radius 2 is 2.18 bits per heavy atom. The average Bonchev–Trinajstić information content (AvgIpc) is 2.83. The van der Waals surface area contributed by atoms with E-state index in [4.69, 9.17) is 0 Å². The van der Waals surface area contributed by atoms with Crippen molar-refractivity contribution in [2.45, 2.75) is 12.6 Å². The molecule has 22 heavy (non-hydrogen) atoms. The first-order chi connectivity index (χ1) is 10.3. The van der Waals surface area contributed by atoms with Crippen molar-refractivity contribution in [2.24, 2.45) is 0 Å². The Morgan fingerprint density at radius 1 is 1.45 bits per heavy atom. The van der Waals surface area contributed by atoms with Gasteiger partial charge in [-0.2, -0.15) is 13.2 Å². The summed E-state index contributed by atoms with van der Waals surface area (Å²) in [5.74, 6) is 0. The van der Waals surface area contributed by atoms with Crippen LogP contribution >= 0.6 is 11.3 Å². The third kappa shape index (κ3) is 3.81. The van der Waals surface area contributed by atoms with E-state index >= 15 is 0 Å². The smallest absolute Gasteiger partial charge is 0.379 e. The number of nitro groups is 1. The van der Waals surface area contributed by atoms with Gasteiger partial charge in [-0.25, -0.2) is 4.98 Å². The maximum Gasteiger partial charge on any atom is 0.433 e. The Balaban J connectivity index is 2.16. The molecule has 2 N–H and O–H groups in total. The zero-order valence-electron chi connectivity index (χ0n) is 10.8. The number of hydrogen-bond acceptors (Lipinski definition) is 6. The minimum atomic E-state index is -4.69. The van der Waals surface area contributed by atoms with E-state index in [0.29, 0.717) is 24.4 Å². The van der Waals surface area contributed by atoms with Crippen molar-refractivity contribution in [1.29, 1.82) is 0 Å². The van der Waals surface area contributed by atoms with Gasteiger partial charge < -0.3 is 10.3 Å². The SMILES string of the molecule is O=c1[nH]c(CCNc2cc(C(F)(F)F)ncc2[N+](=O)[O-])cs1. The lowest BCUT2D eigenvalue weighted by molar-refractivity contribution is -0.384. The van der Waals surface area contributed by atoms with E-state index in [1.807, 2.05) is 0 Å². The van der Waals surface area contributed by atoms with E-state index in [9.17, 15) is 28.1 Å². The summed E-state index contributed by atoms with van der Waals surface area (Å²) in [4.78, 5) is 26.3. The lowest BCUT2D eigenvalue weighted by Gasteiger charge is -2.10. The highest BCUT2D eigenvalue weighted by Crippen LogP contribution is 2.32. The number of alkyl halides is 3. The molecule has 7 nitrogen and oxygen atoms in total. The van der Waals surface area contributed by atoms with E-state index in [2.05, 4.69) is 15.3 Å². The topological polar surface area (TPSA) is 101 Å². The van der Waals surface area contributed by atoms with Crippen molar-refractivity contribution >= 4 is 22.7 Å². The van der Waals surface area contributed by atoms with Crippen LogP contribution in [0.1, 0.15) is 11.4 Å². The molecule has 0 spiro atoms. The zero-order chi connectivity index (χ0) is 16.3. The van der Waals surface area contributed by atoms with Crippen molar-refractivity contribution in [3.05, 3.63) is 48.8 Å². The minimum absolute atomic E-state index is 0.120. The molecule has 2 aromatic rings. The molecular formula is C11H9F3N4O3S. The number of hydrogen-bond donors (Lipinski definition) is 2. The molecule has 11 heteroatoms. The summed E-state index contributed by atoms with van der Waals surface area (Å²) >= 11 is 0.959. The number of nitrogens with zero attached hydrogens (tertiary/aromatic N) is 2. The van der Waals surface area contributed by atoms with Crippen LogP contribution in [0.4, 0.5) is 24.5 Å². The molecular weight excluding hydrogens is 325 g/mol. The van der Waals surface area contributed by atoms with Gasteiger partial charge in [-0.15, -0.1) is 0 Å². The molecule has 2 aromatic heterocycles. The van der Waals surface area contributed by atoms with Crippen molar-refractivity contribution in [2.75, 3.05) is 11.9 Å². The molecule has 0 atom stereocenters. The molecule has 0 aliphatic carbocycles. The van der Waals surface area contributed by atoms with Gasteiger partial charge in [0.15, 0.2) is 0 Å². The van der Waals surface area contributed by atoms with Crippen LogP contribution in [-0.2, 0) is 12.6 Å². The number of aromatic amines is 1. The summed E-state index contributed by atoms with van der Waals surface area (Å²) in [7, 11) is 0. The van der Waals surface area contributed by atoms with Gasteiger partial charge in [-0.3, -0.25) is 14.9 Å². The van der Waals surface area contributed by atoms with Crippen molar-refractivity contribution in [1.82, 2.24) is 9.97 Å². The molecule has 0 bridgehead atoms. The lowest BCUT2D eigenvalue weighted by Crippen LogP contribution is -2.12. The predicted octanol–water partition coefficient (Wildman–Crippen LogP) is 2.41. The number of H-pyrrole nitrogens is 1. The van der Waals surface area contributed by atoms with Gasteiger partial charge in [0.25, 0.3) is 0 Å². The standard InChI is InChI=1S/C11H9F3N4O3S/c12-11(13,14)9-3-7(8(4-16-9)18(20)21)15-2-1-6-5-22-10(19)17-6/h3-5H,1-2H2,(H,15,16)(H,17,19). The molecule has 0 aliphatic rings. The first-order valence-corrected chi connectivity index (χ1v) is 6.77. The Labute approximate surface area is 125 Å². The molecule has 0 unspecified atom stereocenters. The maximum atomic E-state index is 12.6. The molecule has 0 fully saturated rings. The van der Waals surface area contributed by atoms with Crippen LogP contribution in [-0.4, -0.2) is 21.4 Å². The number of aromatic nitrogens is 2. The number of nitrogens with one attached hydrogen (secondary N) is 2. The summed E-state index contributed by atoms with van der Waals surface area (Å²) in [6.45, 7) is 0.120. The number of anilines is 1. The summed E-state index contributed by atoms with van der Waals surface area (Å²) in [5, 5.41) is 15.0. The number of pyridine rings is 1. The fraction of sp³-hybridized carbons (Fsp3) is 0.273. The first kappa shape index (κ1) is 15.9. The van der Waals surface area contributed by atoms with E-state index < -0.39 is 22.5 Å². The van der Waals surface area contributed by atoms with Gasteiger partial charge in [-0.05, 0) is 6.07 Å². The number of halogens is 3. The van der Waals surface area contributed by atoms with Gasteiger partial charge in [0.2, 0.25) is 0 Å². The van der Waals surface area contributed by atoms with Crippen LogP contribution in [0.15, 0.2) is 22.4 Å². The molecule has 0 radical (unpaired) electrons. The molecule has 2 heterocycles. The van der Waals surface area contributed by atoms with Crippen molar-refractivity contribution in [3.8, 4) is 0 Å². The second kappa shape index (κ2) is 6.13. The van der Waals surface area contributed by atoms with Crippen LogP contribution in [0.3, 0.4) is 0 Å². The Morgan fingerprint density at radius 3 is 2.73 bits per heavy atom. The summed E-state index contributed by atoms with van der Waals surface area (Å²) in [5.41, 5.74) is -1.45. The van der Waals surface area contributed by atoms with E-state index in [1.165, 1.54) is 0 Å². The summed E-state index contributed by atoms with van der Waals surface area (Å²) in [6, 6.07) is 0.592. The zero-order valence-corrected chi connectivity index (χ0v) is 11.6. The summed E-state index contributed by atoms with van der Waals surface area (Å²) < 4.78 is 37.8. The Hall–Kier alpha value is -2.43. The van der Waals surface area contributed by atoms with Gasteiger partial charge >= 0.3 is 16.7 Å². The monoisotopic (exact) mass is 334 g/mol. The fourth-order valence-electron chi connectivity index (χ4n) is 1.66. The van der Waals surface area contributed by atoms with Crippen LogP contribution < -0.4 is 10.2 Å². The molecule has 2 rings (SSSR count). The summed E-state index contributed by atoms with van der Waals surface area (Å²) in [6.07, 6.45) is -3.82. The second-order valence-electron chi connectivity index (χ2n) is 4.19. The van der Waals surface area contributed by atoms with Crippen LogP contribution in [0.25, 0.3) is 0 Å². The third-order valence-electron chi connectivity index (χ3n) is 2.65. The molecule has 0 saturated carbocycles. The van der Waals surface area contributed by atoms with Crippen LogP contribution in [0, 0.1) is 10.1 Å². The molecule has 0 aliphatic heterocycles. The molecule has 118 valence electrons. The van der Waals surface area contributed by atoms with Gasteiger partial charge in [0.1, 0.15) is 17.6 Å². The maximum absolute atomic E-state index is 12.6. The quantitative estimate of drug-likeness (QED) is 0.646. The highest BCUT2D eigenvalue weighted by molar-refractivity contribution is 7.07. The van der Waals surface area contributed by atoms with Crippen molar-refractivity contribution in [3.63, 3.8) is 0 Å². The second-order valence-corrected chi connectivity index (χ2v) is 5.03. The molecule has 0 aromatic carbocycles. The number of thiazole rings is 1. The number of rotatable bonds is 5. The van der Waals surface area contributed by atoms with E-state index in [1.54, 1.807) is 5.38 Å². The fourth-order valence-corrected chi connectivity index (χ4v) is 2.27. The van der Waals surface area contributed by atoms with Crippen molar-refractivity contribution < 1.29 is 18.1 Å². The molecule has 0 saturated heterocycles. The normalized spacial score (nSPS) is 11.4. The molecule has 0 amide bonds. The lowest BCUT2D eigenvalue weighted by atomic mass is 10.2. The van der Waals surface area contributed by atoms with Crippen LogP contribution in [0.2, 0.25) is 0 Å². The van der Waals surface area contributed by atoms with E-state index in [-0.39, 0.29) is 17.1 Å². The Bertz CT molecular complexity index is 741. The highest BCUT2D eigenvalue weighted by atomic mass is 32.1.